The molecule has 0 radical (unpaired) electrons. The van der Waals surface area contributed by atoms with Gasteiger partial charge in [-0.15, -0.1) is 0 Å². The summed E-state index contributed by atoms with van der Waals surface area (Å²) in [6.45, 7) is 4.64. The van der Waals surface area contributed by atoms with E-state index in [0.717, 1.165) is 11.3 Å². The van der Waals surface area contributed by atoms with E-state index in [1.807, 2.05) is 35.2 Å². The van der Waals surface area contributed by atoms with E-state index < -0.39 is 0 Å². The van der Waals surface area contributed by atoms with E-state index >= 15 is 0 Å². The second kappa shape index (κ2) is 3.18. The van der Waals surface area contributed by atoms with Crippen molar-refractivity contribution in [2.45, 2.75) is 6.04 Å². The number of hydrogen-bond acceptors (Lipinski definition) is 2. The number of amides is 1. The van der Waals surface area contributed by atoms with Gasteiger partial charge < -0.3 is 10.6 Å². The molecule has 0 bridgehead atoms. The Morgan fingerprint density at radius 2 is 2.07 bits per heavy atom. The Morgan fingerprint density at radius 1 is 1.43 bits per heavy atom. The maximum Gasteiger partial charge on any atom is 0.241 e. The van der Waals surface area contributed by atoms with Crippen LogP contribution in [0.2, 0.25) is 0 Å². The van der Waals surface area contributed by atoms with E-state index in [9.17, 15) is 4.79 Å². The number of primary amides is 1. The normalized spacial score (nSPS) is 19.1. The molecule has 1 saturated heterocycles. The average molecular weight is 188 g/mol. The van der Waals surface area contributed by atoms with Gasteiger partial charge in [-0.3, -0.25) is 4.79 Å². The second-order valence-electron chi connectivity index (χ2n) is 3.38. The van der Waals surface area contributed by atoms with Crippen molar-refractivity contribution < 1.29 is 4.79 Å². The van der Waals surface area contributed by atoms with Crippen LogP contribution in [0.4, 0.5) is 0 Å². The molecule has 14 heavy (non-hydrogen) atoms. The molecule has 1 fully saturated rings. The summed E-state index contributed by atoms with van der Waals surface area (Å²) in [6, 6.07) is 9.64. The molecule has 0 spiro atoms. The number of hydrogen-bond donors (Lipinski definition) is 1. The summed E-state index contributed by atoms with van der Waals surface area (Å²) in [5.41, 5.74) is 7.09. The smallest absolute Gasteiger partial charge is 0.241 e. The molecule has 1 aromatic rings. The topological polar surface area (TPSA) is 46.1 Å². The fraction of sp³-hybridized carbons (Fsp3) is 0.182. The molecule has 2 N–H and O–H groups in total. The van der Waals surface area contributed by atoms with Crippen LogP contribution in [0.1, 0.15) is 5.56 Å². The molecule has 3 nitrogen and oxygen atoms in total. The zero-order valence-electron chi connectivity index (χ0n) is 7.81. The van der Waals surface area contributed by atoms with E-state index in [1.54, 1.807) is 0 Å². The molecule has 1 unspecified atom stereocenters. The van der Waals surface area contributed by atoms with Gasteiger partial charge in [0.2, 0.25) is 5.91 Å². The van der Waals surface area contributed by atoms with E-state index in [0.29, 0.717) is 6.54 Å². The number of benzene rings is 1. The van der Waals surface area contributed by atoms with Crippen molar-refractivity contribution >= 4 is 11.6 Å². The van der Waals surface area contributed by atoms with Crippen LogP contribution in [0.3, 0.4) is 0 Å². The van der Waals surface area contributed by atoms with Gasteiger partial charge in [0.25, 0.3) is 0 Å². The Hall–Kier alpha value is -1.77. The van der Waals surface area contributed by atoms with Crippen molar-refractivity contribution in [1.82, 2.24) is 4.90 Å². The second-order valence-corrected chi connectivity index (χ2v) is 3.38. The predicted molar refractivity (Wildman–Crippen MR) is 55.2 cm³/mol. The Bertz CT molecular complexity index is 372. The molecule has 0 aliphatic carbocycles. The molecule has 1 heterocycles. The van der Waals surface area contributed by atoms with Crippen molar-refractivity contribution in [3.8, 4) is 0 Å². The van der Waals surface area contributed by atoms with Gasteiger partial charge in [-0.25, -0.2) is 0 Å². The Morgan fingerprint density at radius 3 is 2.57 bits per heavy atom. The lowest BCUT2D eigenvalue weighted by molar-refractivity contribution is -0.118. The SMILES string of the molecule is C=C(c1ccccc1)N1CC1C(N)=O. The Labute approximate surface area is 82.8 Å². The summed E-state index contributed by atoms with van der Waals surface area (Å²) in [6.07, 6.45) is 0. The van der Waals surface area contributed by atoms with Gasteiger partial charge in [0.1, 0.15) is 6.04 Å². The van der Waals surface area contributed by atoms with Crippen molar-refractivity contribution in [3.05, 3.63) is 42.5 Å². The number of nitrogens with zero attached hydrogens (tertiary/aromatic N) is 1. The highest BCUT2D eigenvalue weighted by Gasteiger charge is 2.39. The molecule has 0 aromatic heterocycles. The maximum absolute atomic E-state index is 10.8. The van der Waals surface area contributed by atoms with Crippen LogP contribution in [0.15, 0.2) is 36.9 Å². The van der Waals surface area contributed by atoms with Crippen LogP contribution in [0.5, 0.6) is 0 Å². The largest absolute Gasteiger partial charge is 0.368 e. The molecule has 1 amide bonds. The molecular weight excluding hydrogens is 176 g/mol. The summed E-state index contributed by atoms with van der Waals surface area (Å²) in [7, 11) is 0. The van der Waals surface area contributed by atoms with Crippen molar-refractivity contribution in [1.29, 1.82) is 0 Å². The summed E-state index contributed by atoms with van der Waals surface area (Å²) < 4.78 is 0. The first kappa shape index (κ1) is 8.81. The lowest BCUT2D eigenvalue weighted by atomic mass is 10.2. The van der Waals surface area contributed by atoms with Gasteiger partial charge >= 0.3 is 0 Å². The monoisotopic (exact) mass is 188 g/mol. The molecule has 3 heteroatoms. The van der Waals surface area contributed by atoms with Gasteiger partial charge in [-0.1, -0.05) is 36.9 Å². The van der Waals surface area contributed by atoms with Gasteiger partial charge in [-0.05, 0) is 5.56 Å². The van der Waals surface area contributed by atoms with Crippen molar-refractivity contribution in [2.24, 2.45) is 5.73 Å². The lowest BCUT2D eigenvalue weighted by Gasteiger charge is -2.07. The number of nitrogens with two attached hydrogens (primary N) is 1. The summed E-state index contributed by atoms with van der Waals surface area (Å²) >= 11 is 0. The third-order valence-electron chi connectivity index (χ3n) is 2.39. The third-order valence-corrected chi connectivity index (χ3v) is 2.39. The highest BCUT2D eigenvalue weighted by Crippen LogP contribution is 2.29. The minimum absolute atomic E-state index is 0.150. The first-order chi connectivity index (χ1) is 6.70. The van der Waals surface area contributed by atoms with Crippen molar-refractivity contribution in [3.63, 3.8) is 0 Å². The Balaban J connectivity index is 2.09. The number of carbonyl (C=O) groups is 1. The summed E-state index contributed by atoms with van der Waals surface area (Å²) in [4.78, 5) is 12.7. The quantitative estimate of drug-likeness (QED) is 0.714. The third kappa shape index (κ3) is 1.48. The van der Waals surface area contributed by atoms with Gasteiger partial charge in [-0.2, -0.15) is 0 Å². The maximum atomic E-state index is 10.8. The predicted octanol–water partition coefficient (Wildman–Crippen LogP) is 0.827. The standard InChI is InChI=1S/C11H12N2O/c1-8(9-5-3-2-4-6-9)13-7-10(13)11(12)14/h2-6,10H,1,7H2,(H2,12,14). The van der Waals surface area contributed by atoms with Crippen LogP contribution < -0.4 is 5.73 Å². The summed E-state index contributed by atoms with van der Waals surface area (Å²) in [5.74, 6) is -0.276. The van der Waals surface area contributed by atoms with E-state index in [1.165, 1.54) is 0 Å². The fourth-order valence-corrected chi connectivity index (χ4v) is 1.48. The zero-order valence-corrected chi connectivity index (χ0v) is 7.81. The highest BCUT2D eigenvalue weighted by atomic mass is 16.1. The van der Waals surface area contributed by atoms with Crippen LogP contribution >= 0.6 is 0 Å². The summed E-state index contributed by atoms with van der Waals surface area (Å²) in [5, 5.41) is 0. The molecule has 0 saturated carbocycles. The van der Waals surface area contributed by atoms with E-state index in [2.05, 4.69) is 6.58 Å². The first-order valence-corrected chi connectivity index (χ1v) is 4.50. The van der Waals surface area contributed by atoms with Crippen LogP contribution in [0, 0.1) is 0 Å². The zero-order chi connectivity index (χ0) is 10.1. The lowest BCUT2D eigenvalue weighted by Crippen LogP contribution is -2.21. The van der Waals surface area contributed by atoms with Gasteiger partial charge in [0.15, 0.2) is 0 Å². The molecule has 72 valence electrons. The fourth-order valence-electron chi connectivity index (χ4n) is 1.48. The minimum atomic E-state index is -0.276. The van der Waals surface area contributed by atoms with Gasteiger partial charge in [0.05, 0.1) is 0 Å². The number of rotatable bonds is 3. The molecule has 1 atom stereocenters. The highest BCUT2D eigenvalue weighted by molar-refractivity contribution is 5.86. The molecular formula is C11H12N2O. The van der Waals surface area contributed by atoms with E-state index in [4.69, 9.17) is 5.73 Å². The molecule has 1 aliphatic heterocycles. The Kier molecular flexibility index (Phi) is 2.00. The van der Waals surface area contributed by atoms with E-state index in [-0.39, 0.29) is 11.9 Å². The minimum Gasteiger partial charge on any atom is -0.368 e. The average Bonchev–Trinajstić information content (AvgIpc) is 2.97. The van der Waals surface area contributed by atoms with Crippen LogP contribution in [0.25, 0.3) is 5.70 Å². The molecule has 2 rings (SSSR count). The van der Waals surface area contributed by atoms with Crippen LogP contribution in [-0.4, -0.2) is 23.4 Å². The number of carbonyl (C=O) groups excluding carboxylic acids is 1. The molecule has 1 aliphatic rings. The van der Waals surface area contributed by atoms with Gasteiger partial charge in [0, 0.05) is 12.2 Å². The van der Waals surface area contributed by atoms with Crippen LogP contribution in [-0.2, 0) is 4.79 Å². The van der Waals surface area contributed by atoms with Crippen molar-refractivity contribution in [2.75, 3.05) is 6.54 Å². The first-order valence-electron chi connectivity index (χ1n) is 4.50. The molecule has 1 aromatic carbocycles.